The standard InChI is InChI=1S/C17H25NOS/c1-19-16-7-5-13-4-6-15(10-14(13)11-16)18-12-17(20-2)8-3-9-17/h5,7,11,15,18H,3-4,6,8-10,12H2,1-2H3. The lowest BCUT2D eigenvalue weighted by molar-refractivity contribution is 0.320. The average Bonchev–Trinajstić information content (AvgIpc) is 2.45. The largest absolute Gasteiger partial charge is 0.497 e. The molecule has 1 aromatic rings. The number of thioether (sulfide) groups is 1. The van der Waals surface area contributed by atoms with Crippen LogP contribution in [0.4, 0.5) is 0 Å². The minimum Gasteiger partial charge on any atom is -0.497 e. The van der Waals surface area contributed by atoms with Crippen molar-refractivity contribution in [3.05, 3.63) is 29.3 Å². The van der Waals surface area contributed by atoms with E-state index in [9.17, 15) is 0 Å². The number of hydrogen-bond acceptors (Lipinski definition) is 3. The lowest BCUT2D eigenvalue weighted by Gasteiger charge is -2.42. The SMILES string of the molecule is COc1ccc2c(c1)CC(NCC1(SC)CCC1)CC2. The van der Waals surface area contributed by atoms with Gasteiger partial charge in [0, 0.05) is 17.3 Å². The van der Waals surface area contributed by atoms with Gasteiger partial charge in [-0.1, -0.05) is 12.5 Å². The second-order valence-corrected chi connectivity index (χ2v) is 7.47. The van der Waals surface area contributed by atoms with Crippen molar-refractivity contribution in [2.24, 2.45) is 0 Å². The van der Waals surface area contributed by atoms with E-state index in [1.807, 2.05) is 0 Å². The molecule has 20 heavy (non-hydrogen) atoms. The molecule has 0 radical (unpaired) electrons. The molecule has 1 unspecified atom stereocenters. The predicted octanol–water partition coefficient (Wildman–Crippen LogP) is 3.43. The summed E-state index contributed by atoms with van der Waals surface area (Å²) in [5.41, 5.74) is 2.98. The fourth-order valence-corrected chi connectivity index (χ4v) is 4.31. The summed E-state index contributed by atoms with van der Waals surface area (Å²) in [4.78, 5) is 0. The molecule has 3 rings (SSSR count). The first-order valence-corrected chi connectivity index (χ1v) is 8.91. The van der Waals surface area contributed by atoms with Gasteiger partial charge in [0.05, 0.1) is 7.11 Å². The van der Waals surface area contributed by atoms with E-state index in [1.54, 1.807) is 7.11 Å². The Morgan fingerprint density at radius 2 is 2.20 bits per heavy atom. The van der Waals surface area contributed by atoms with E-state index in [-0.39, 0.29) is 0 Å². The van der Waals surface area contributed by atoms with Crippen molar-refractivity contribution in [3.63, 3.8) is 0 Å². The van der Waals surface area contributed by atoms with Gasteiger partial charge in [0.25, 0.3) is 0 Å². The van der Waals surface area contributed by atoms with Crippen LogP contribution in [0.15, 0.2) is 18.2 Å². The second-order valence-electron chi connectivity index (χ2n) is 6.20. The summed E-state index contributed by atoms with van der Waals surface area (Å²) >= 11 is 2.06. The molecule has 1 atom stereocenters. The van der Waals surface area contributed by atoms with Crippen LogP contribution in [0.2, 0.25) is 0 Å². The summed E-state index contributed by atoms with van der Waals surface area (Å²) in [7, 11) is 1.75. The van der Waals surface area contributed by atoms with E-state index in [0.29, 0.717) is 10.8 Å². The molecule has 2 aliphatic carbocycles. The van der Waals surface area contributed by atoms with Crippen LogP contribution in [-0.2, 0) is 12.8 Å². The summed E-state index contributed by atoms with van der Waals surface area (Å²) in [5, 5.41) is 3.83. The molecule has 1 fully saturated rings. The molecule has 1 N–H and O–H groups in total. The Hall–Kier alpha value is -0.670. The first kappa shape index (κ1) is 14.3. The van der Waals surface area contributed by atoms with Crippen molar-refractivity contribution in [2.75, 3.05) is 19.9 Å². The number of hydrogen-bond donors (Lipinski definition) is 1. The Bertz CT molecular complexity index is 465. The molecular weight excluding hydrogens is 266 g/mol. The third-order valence-electron chi connectivity index (χ3n) is 5.05. The van der Waals surface area contributed by atoms with Gasteiger partial charge >= 0.3 is 0 Å². The monoisotopic (exact) mass is 291 g/mol. The molecule has 0 heterocycles. The van der Waals surface area contributed by atoms with Crippen LogP contribution < -0.4 is 10.1 Å². The zero-order valence-corrected chi connectivity index (χ0v) is 13.4. The van der Waals surface area contributed by atoms with Gasteiger partial charge in [-0.05, 0) is 61.6 Å². The lowest BCUT2D eigenvalue weighted by Crippen LogP contribution is -2.47. The number of aryl methyl sites for hydroxylation is 1. The van der Waals surface area contributed by atoms with Crippen molar-refractivity contribution >= 4 is 11.8 Å². The Morgan fingerprint density at radius 1 is 1.35 bits per heavy atom. The van der Waals surface area contributed by atoms with Crippen LogP contribution in [-0.4, -0.2) is 30.7 Å². The van der Waals surface area contributed by atoms with E-state index in [4.69, 9.17) is 4.74 Å². The fourth-order valence-electron chi connectivity index (χ4n) is 3.39. The third-order valence-corrected chi connectivity index (χ3v) is 6.47. The van der Waals surface area contributed by atoms with Crippen LogP contribution >= 0.6 is 11.8 Å². The van der Waals surface area contributed by atoms with Gasteiger partial charge in [0.15, 0.2) is 0 Å². The van der Waals surface area contributed by atoms with E-state index >= 15 is 0 Å². The van der Waals surface area contributed by atoms with Gasteiger partial charge in [0.1, 0.15) is 5.75 Å². The summed E-state index contributed by atoms with van der Waals surface area (Å²) in [5.74, 6) is 0.990. The maximum atomic E-state index is 5.35. The van der Waals surface area contributed by atoms with Crippen LogP contribution in [0.3, 0.4) is 0 Å². The Kier molecular flexibility index (Phi) is 4.27. The summed E-state index contributed by atoms with van der Waals surface area (Å²) in [6.07, 6.45) is 10.1. The molecule has 0 bridgehead atoms. The third kappa shape index (κ3) is 2.84. The summed E-state index contributed by atoms with van der Waals surface area (Å²) < 4.78 is 5.89. The number of methoxy groups -OCH3 is 1. The molecule has 0 aliphatic heterocycles. The Morgan fingerprint density at radius 3 is 2.85 bits per heavy atom. The number of fused-ring (bicyclic) bond motifs is 1. The highest BCUT2D eigenvalue weighted by molar-refractivity contribution is 8.00. The highest BCUT2D eigenvalue weighted by atomic mass is 32.2. The molecule has 2 nitrogen and oxygen atoms in total. The zero-order chi connectivity index (χ0) is 14.0. The van der Waals surface area contributed by atoms with Crippen LogP contribution in [0.1, 0.15) is 36.8 Å². The van der Waals surface area contributed by atoms with E-state index in [2.05, 4.69) is 41.5 Å². The smallest absolute Gasteiger partial charge is 0.119 e. The van der Waals surface area contributed by atoms with Crippen molar-refractivity contribution in [3.8, 4) is 5.75 Å². The van der Waals surface area contributed by atoms with Crippen molar-refractivity contribution in [2.45, 2.75) is 49.3 Å². The number of rotatable bonds is 5. The zero-order valence-electron chi connectivity index (χ0n) is 12.6. The van der Waals surface area contributed by atoms with Crippen molar-refractivity contribution in [1.29, 1.82) is 0 Å². The molecule has 0 amide bonds. The minimum absolute atomic E-state index is 0.536. The molecule has 0 saturated heterocycles. The molecule has 1 saturated carbocycles. The van der Waals surface area contributed by atoms with E-state index in [0.717, 1.165) is 12.2 Å². The summed E-state index contributed by atoms with van der Waals surface area (Å²) in [6.45, 7) is 1.18. The Labute approximate surface area is 126 Å². The average molecular weight is 291 g/mol. The topological polar surface area (TPSA) is 21.3 Å². The molecule has 2 aliphatic rings. The van der Waals surface area contributed by atoms with Crippen LogP contribution in [0.25, 0.3) is 0 Å². The van der Waals surface area contributed by atoms with Crippen molar-refractivity contribution in [1.82, 2.24) is 5.32 Å². The highest BCUT2D eigenvalue weighted by Crippen LogP contribution is 2.42. The van der Waals surface area contributed by atoms with E-state index < -0.39 is 0 Å². The molecule has 3 heteroatoms. The second kappa shape index (κ2) is 5.98. The van der Waals surface area contributed by atoms with Crippen LogP contribution in [0.5, 0.6) is 5.75 Å². The van der Waals surface area contributed by atoms with Gasteiger partial charge in [-0.25, -0.2) is 0 Å². The normalized spacial score (nSPS) is 23.8. The summed E-state index contributed by atoms with van der Waals surface area (Å²) in [6, 6.07) is 7.18. The quantitative estimate of drug-likeness (QED) is 0.898. The van der Waals surface area contributed by atoms with Gasteiger partial charge in [-0.3, -0.25) is 0 Å². The Balaban J connectivity index is 1.60. The van der Waals surface area contributed by atoms with Gasteiger partial charge in [-0.15, -0.1) is 0 Å². The van der Waals surface area contributed by atoms with Gasteiger partial charge < -0.3 is 10.1 Å². The molecule has 0 spiro atoms. The lowest BCUT2D eigenvalue weighted by atomic mass is 9.83. The molecular formula is C17H25NOS. The minimum atomic E-state index is 0.536. The first-order chi connectivity index (χ1) is 9.74. The van der Waals surface area contributed by atoms with Gasteiger partial charge in [-0.2, -0.15) is 11.8 Å². The number of nitrogens with one attached hydrogen (secondary N) is 1. The molecule has 1 aromatic carbocycles. The predicted molar refractivity (Wildman–Crippen MR) is 86.9 cm³/mol. The maximum Gasteiger partial charge on any atom is 0.119 e. The van der Waals surface area contributed by atoms with Gasteiger partial charge in [0.2, 0.25) is 0 Å². The van der Waals surface area contributed by atoms with E-state index in [1.165, 1.54) is 49.8 Å². The van der Waals surface area contributed by atoms with Crippen LogP contribution in [0, 0.1) is 0 Å². The highest BCUT2D eigenvalue weighted by Gasteiger charge is 2.36. The molecule has 0 aromatic heterocycles. The fraction of sp³-hybridized carbons (Fsp3) is 0.647. The maximum absolute atomic E-state index is 5.35. The number of ether oxygens (including phenoxy) is 1. The first-order valence-electron chi connectivity index (χ1n) is 7.69. The number of benzene rings is 1. The molecule has 110 valence electrons. The van der Waals surface area contributed by atoms with Crippen molar-refractivity contribution < 1.29 is 4.74 Å².